The van der Waals surface area contributed by atoms with Crippen LogP contribution in [-0.2, 0) is 26.3 Å². The molecule has 220 valence electrons. The average molecular weight is 575 g/mol. The summed E-state index contributed by atoms with van der Waals surface area (Å²) in [7, 11) is 1.70. The van der Waals surface area contributed by atoms with E-state index in [2.05, 4.69) is 25.3 Å². The number of nitrogens with one attached hydrogen (secondary N) is 2. The third-order valence-electron chi connectivity index (χ3n) is 8.67. The Morgan fingerprint density at radius 2 is 1.85 bits per heavy atom. The second-order valence-corrected chi connectivity index (χ2v) is 11.0. The Labute approximate surface area is 235 Å². The first kappa shape index (κ1) is 27.6. The molecular weight excluding hydrogens is 541 g/mol. The van der Waals surface area contributed by atoms with Crippen molar-refractivity contribution >= 4 is 29.3 Å². The van der Waals surface area contributed by atoms with Crippen LogP contribution in [0, 0.1) is 5.41 Å². The summed E-state index contributed by atoms with van der Waals surface area (Å²) in [6.07, 6.45) is 3.85. The smallest absolute Gasteiger partial charge is 0.408 e. The number of aromatic nitrogens is 4. The SMILES string of the molecule is CNc1nc(COC(=N)N2CCC[C@@H]2C(F)(F)F)nc2c1C1(CCCC1)C(=O)N2c1cnc(C2CCOCC2)nc1. The maximum Gasteiger partial charge on any atom is 0.408 e. The lowest BCUT2D eigenvalue weighted by molar-refractivity contribution is -0.169. The highest BCUT2D eigenvalue weighted by Gasteiger charge is 2.56. The summed E-state index contributed by atoms with van der Waals surface area (Å²) in [5.74, 6) is 1.79. The van der Waals surface area contributed by atoms with Gasteiger partial charge < -0.3 is 19.7 Å². The number of hydrogen-bond donors (Lipinski definition) is 2. The van der Waals surface area contributed by atoms with Crippen LogP contribution >= 0.6 is 0 Å². The number of amidine groups is 1. The number of anilines is 3. The van der Waals surface area contributed by atoms with Gasteiger partial charge in [-0.1, -0.05) is 12.8 Å². The predicted octanol–water partition coefficient (Wildman–Crippen LogP) is 4.17. The number of hydrogen-bond acceptors (Lipinski definition) is 9. The van der Waals surface area contributed by atoms with E-state index < -0.39 is 23.7 Å². The lowest BCUT2D eigenvalue weighted by Gasteiger charge is -2.27. The Bertz CT molecular complexity index is 1310. The predicted molar refractivity (Wildman–Crippen MR) is 142 cm³/mol. The van der Waals surface area contributed by atoms with Crippen LogP contribution in [0.15, 0.2) is 12.4 Å². The van der Waals surface area contributed by atoms with Crippen LogP contribution < -0.4 is 10.2 Å². The summed E-state index contributed by atoms with van der Waals surface area (Å²) < 4.78 is 51.2. The van der Waals surface area contributed by atoms with Crippen LogP contribution in [0.1, 0.15) is 74.5 Å². The number of rotatable bonds is 5. The van der Waals surface area contributed by atoms with Gasteiger partial charge in [0.25, 0.3) is 6.02 Å². The number of carbonyl (C=O) groups is 1. The van der Waals surface area contributed by atoms with Crippen LogP contribution in [-0.4, -0.2) is 75.8 Å². The molecule has 1 spiro atoms. The maximum absolute atomic E-state index is 14.1. The molecule has 2 saturated heterocycles. The van der Waals surface area contributed by atoms with Crippen molar-refractivity contribution in [3.63, 3.8) is 0 Å². The minimum Gasteiger partial charge on any atom is -0.457 e. The van der Waals surface area contributed by atoms with Gasteiger partial charge in [-0.25, -0.2) is 19.9 Å². The quantitative estimate of drug-likeness (QED) is 0.399. The molecule has 0 aromatic carbocycles. The van der Waals surface area contributed by atoms with Crippen molar-refractivity contribution in [3.8, 4) is 0 Å². The van der Waals surface area contributed by atoms with Crippen molar-refractivity contribution in [1.82, 2.24) is 24.8 Å². The molecule has 3 fully saturated rings. The van der Waals surface area contributed by atoms with Crippen LogP contribution in [0.25, 0.3) is 0 Å². The topological polar surface area (TPSA) is 129 Å². The first-order chi connectivity index (χ1) is 19.7. The summed E-state index contributed by atoms with van der Waals surface area (Å²) in [6, 6.07) is -2.32. The van der Waals surface area contributed by atoms with Crippen molar-refractivity contribution in [2.75, 3.05) is 37.0 Å². The molecule has 1 saturated carbocycles. The summed E-state index contributed by atoms with van der Waals surface area (Å²) in [5.41, 5.74) is 0.405. The van der Waals surface area contributed by atoms with E-state index in [0.29, 0.717) is 61.2 Å². The molecule has 1 atom stereocenters. The molecule has 0 bridgehead atoms. The normalized spacial score (nSPS) is 22.4. The van der Waals surface area contributed by atoms with E-state index in [1.165, 1.54) is 4.90 Å². The maximum atomic E-state index is 14.1. The second-order valence-electron chi connectivity index (χ2n) is 11.0. The lowest BCUT2D eigenvalue weighted by atomic mass is 9.80. The number of halogens is 3. The van der Waals surface area contributed by atoms with E-state index in [9.17, 15) is 18.0 Å². The number of amides is 1. The molecule has 3 aliphatic heterocycles. The van der Waals surface area contributed by atoms with Gasteiger partial charge in [0.2, 0.25) is 5.91 Å². The zero-order valence-electron chi connectivity index (χ0n) is 22.8. The van der Waals surface area contributed by atoms with E-state index in [-0.39, 0.29) is 37.2 Å². The van der Waals surface area contributed by atoms with Crippen LogP contribution in [0.5, 0.6) is 0 Å². The standard InChI is InChI=1S/C27H33F3N8O3/c1-32-22-20-23(36-19(35-22)15-41-25(31)37-10-4-5-18(37)27(28,29)30)38(24(39)26(20)8-2-3-9-26)17-13-33-21(34-14-17)16-6-11-40-12-7-16/h13-14,16,18,31H,2-12,15H2,1H3,(H,32,35,36)/t18-/m1/s1. The molecule has 0 radical (unpaired) electrons. The second kappa shape index (κ2) is 10.7. The summed E-state index contributed by atoms with van der Waals surface area (Å²) in [4.78, 5) is 35.0. The van der Waals surface area contributed by atoms with Crippen molar-refractivity contribution in [3.05, 3.63) is 29.6 Å². The van der Waals surface area contributed by atoms with Gasteiger partial charge >= 0.3 is 6.18 Å². The molecule has 6 rings (SSSR count). The third-order valence-corrected chi connectivity index (χ3v) is 8.67. The van der Waals surface area contributed by atoms with Crippen LogP contribution in [0.2, 0.25) is 0 Å². The monoisotopic (exact) mass is 574 g/mol. The van der Waals surface area contributed by atoms with Gasteiger partial charge in [0, 0.05) is 32.7 Å². The fourth-order valence-electron chi connectivity index (χ4n) is 6.62. The van der Waals surface area contributed by atoms with Crippen molar-refractivity contribution < 1.29 is 27.4 Å². The Balaban J connectivity index is 1.31. The molecule has 14 heteroatoms. The lowest BCUT2D eigenvalue weighted by Crippen LogP contribution is -2.45. The Morgan fingerprint density at radius 1 is 1.15 bits per heavy atom. The highest BCUT2D eigenvalue weighted by molar-refractivity contribution is 6.13. The first-order valence-electron chi connectivity index (χ1n) is 14.1. The summed E-state index contributed by atoms with van der Waals surface area (Å²) >= 11 is 0. The zero-order valence-corrected chi connectivity index (χ0v) is 22.8. The largest absolute Gasteiger partial charge is 0.457 e. The molecule has 1 aliphatic carbocycles. The van der Waals surface area contributed by atoms with Crippen molar-refractivity contribution in [2.45, 2.75) is 81.5 Å². The van der Waals surface area contributed by atoms with Gasteiger partial charge in [0.1, 0.15) is 23.5 Å². The number of ether oxygens (including phenoxy) is 2. The number of carbonyl (C=O) groups excluding carboxylic acids is 1. The highest BCUT2D eigenvalue weighted by atomic mass is 19.4. The molecular formula is C27H33F3N8O3. The van der Waals surface area contributed by atoms with Gasteiger partial charge in [0.05, 0.1) is 29.1 Å². The summed E-state index contributed by atoms with van der Waals surface area (Å²) in [5, 5.41) is 11.3. The number of likely N-dealkylation sites (tertiary alicyclic amines) is 1. The molecule has 5 heterocycles. The third kappa shape index (κ3) is 4.85. The molecule has 0 unspecified atom stereocenters. The first-order valence-corrected chi connectivity index (χ1v) is 14.1. The summed E-state index contributed by atoms with van der Waals surface area (Å²) in [6.45, 7) is 1.09. The molecule has 11 nitrogen and oxygen atoms in total. The van der Waals surface area contributed by atoms with Gasteiger partial charge in [-0.3, -0.25) is 15.1 Å². The minimum absolute atomic E-state index is 0.0803. The highest BCUT2D eigenvalue weighted by Crippen LogP contribution is 2.54. The fraction of sp³-hybridized carbons (Fsp3) is 0.630. The van der Waals surface area contributed by atoms with Gasteiger partial charge in [-0.05, 0) is 38.5 Å². The molecule has 2 aromatic heterocycles. The number of alkyl halides is 3. The molecule has 2 aromatic rings. The van der Waals surface area contributed by atoms with E-state index in [1.807, 2.05) is 0 Å². The molecule has 4 aliphatic rings. The number of nitrogens with zero attached hydrogens (tertiary/aromatic N) is 6. The molecule has 2 N–H and O–H groups in total. The van der Waals surface area contributed by atoms with Crippen LogP contribution in [0.4, 0.5) is 30.5 Å². The van der Waals surface area contributed by atoms with E-state index in [0.717, 1.165) is 30.6 Å². The van der Waals surface area contributed by atoms with Gasteiger partial charge in [-0.2, -0.15) is 13.2 Å². The van der Waals surface area contributed by atoms with Crippen molar-refractivity contribution in [1.29, 1.82) is 5.41 Å². The van der Waals surface area contributed by atoms with Gasteiger partial charge in [-0.15, -0.1) is 0 Å². The fourth-order valence-corrected chi connectivity index (χ4v) is 6.62. The zero-order chi connectivity index (χ0) is 28.8. The Kier molecular flexibility index (Phi) is 7.20. The van der Waals surface area contributed by atoms with Crippen LogP contribution in [0.3, 0.4) is 0 Å². The Morgan fingerprint density at radius 3 is 2.51 bits per heavy atom. The van der Waals surface area contributed by atoms with E-state index >= 15 is 0 Å². The average Bonchev–Trinajstić information content (AvgIpc) is 3.72. The molecule has 41 heavy (non-hydrogen) atoms. The molecule has 1 amide bonds. The minimum atomic E-state index is -4.45. The van der Waals surface area contributed by atoms with Crippen molar-refractivity contribution in [2.24, 2.45) is 0 Å². The van der Waals surface area contributed by atoms with Gasteiger partial charge in [0.15, 0.2) is 12.4 Å². The van der Waals surface area contributed by atoms with E-state index in [4.69, 9.17) is 14.9 Å². The number of fused-ring (bicyclic) bond motifs is 2. The van der Waals surface area contributed by atoms with E-state index in [1.54, 1.807) is 19.4 Å². The Hall–Kier alpha value is -3.55.